The van der Waals surface area contributed by atoms with Gasteiger partial charge in [-0.1, -0.05) is 13.0 Å². The Bertz CT molecular complexity index is 238. The molecular weight excluding hydrogens is 616 g/mol. The van der Waals surface area contributed by atoms with Crippen LogP contribution in [0.25, 0.3) is 0 Å². The van der Waals surface area contributed by atoms with Crippen LogP contribution in [0, 0.1) is 5.41 Å². The van der Waals surface area contributed by atoms with Crippen molar-refractivity contribution in [1.29, 1.82) is 0 Å². The molecular formula is C13H32O3Si2Y4. The maximum absolute atomic E-state index is 11.4. The fraction of sp³-hybridized carbons (Fsp3) is 0.923. The predicted molar refractivity (Wildman–Crippen MR) is 84.7 cm³/mol. The van der Waals surface area contributed by atoms with Crippen molar-refractivity contribution in [2.24, 2.45) is 5.41 Å². The van der Waals surface area contributed by atoms with Crippen molar-refractivity contribution in [3.63, 3.8) is 0 Å². The van der Waals surface area contributed by atoms with E-state index in [0.29, 0.717) is 6.61 Å². The van der Waals surface area contributed by atoms with E-state index >= 15 is 0 Å². The van der Waals surface area contributed by atoms with Crippen LogP contribution in [-0.4, -0.2) is 38.2 Å². The van der Waals surface area contributed by atoms with Crippen molar-refractivity contribution in [3.05, 3.63) is 0 Å². The van der Waals surface area contributed by atoms with Crippen LogP contribution in [0.2, 0.25) is 25.7 Å². The van der Waals surface area contributed by atoms with Crippen molar-refractivity contribution in [3.8, 4) is 0 Å². The second kappa shape index (κ2) is 23.3. The third kappa shape index (κ3) is 29.1. The number of hydrogen-bond acceptors (Lipinski definition) is 3. The minimum Gasteiger partial charge on any atom is -0.465 e. The molecule has 0 unspecified atom stereocenters. The summed E-state index contributed by atoms with van der Waals surface area (Å²) in [5.41, 5.74) is -0.300. The molecule has 0 bridgehead atoms. The predicted octanol–water partition coefficient (Wildman–Crippen LogP) is 2.60. The van der Waals surface area contributed by atoms with Gasteiger partial charge in [-0.15, -0.1) is 0 Å². The van der Waals surface area contributed by atoms with Gasteiger partial charge in [0.1, 0.15) is 0 Å². The van der Waals surface area contributed by atoms with Gasteiger partial charge in [0, 0.05) is 148 Å². The van der Waals surface area contributed by atoms with Crippen molar-refractivity contribution < 1.29 is 145 Å². The van der Waals surface area contributed by atoms with Gasteiger partial charge in [0.25, 0.3) is 0 Å². The van der Waals surface area contributed by atoms with Gasteiger partial charge in [0.15, 0.2) is 8.32 Å². The summed E-state index contributed by atoms with van der Waals surface area (Å²) in [4.78, 5) is 11.4. The average Bonchev–Trinajstić information content (AvgIpc) is 2.29. The molecule has 0 amide bonds. The summed E-state index contributed by atoms with van der Waals surface area (Å²) in [6, 6.07) is 1.21. The second-order valence-corrected chi connectivity index (χ2v) is 11.7. The largest absolute Gasteiger partial charge is 0.465 e. The van der Waals surface area contributed by atoms with E-state index in [0.717, 1.165) is 12.8 Å². The second-order valence-electron chi connectivity index (χ2n) is 6.04. The molecule has 3 nitrogen and oxygen atoms in total. The first-order chi connectivity index (χ1) is 8.10. The maximum atomic E-state index is 11.4. The van der Waals surface area contributed by atoms with Gasteiger partial charge in [-0.25, -0.2) is 0 Å². The monoisotopic (exact) mass is 648 g/mol. The van der Waals surface area contributed by atoms with Crippen LogP contribution in [0.15, 0.2) is 0 Å². The summed E-state index contributed by atoms with van der Waals surface area (Å²) in [6.07, 6.45) is 1.87. The first-order valence-corrected chi connectivity index (χ1v) is 11.6. The van der Waals surface area contributed by atoms with Crippen molar-refractivity contribution in [2.45, 2.75) is 59.3 Å². The topological polar surface area (TPSA) is 35.5 Å². The van der Waals surface area contributed by atoms with Gasteiger partial charge in [-0.3, -0.25) is 4.79 Å². The summed E-state index contributed by atoms with van der Waals surface area (Å²) in [5, 5.41) is 0. The van der Waals surface area contributed by atoms with E-state index in [9.17, 15) is 4.79 Å². The molecule has 0 atom stereocenters. The van der Waals surface area contributed by atoms with E-state index in [1.165, 1.54) is 16.3 Å². The Kier molecular flexibility index (Phi) is 43.3. The third-order valence-corrected chi connectivity index (χ3v) is 4.71. The molecule has 0 aromatic heterocycles. The maximum Gasteiger partial charge on any atom is 0.311 e. The quantitative estimate of drug-likeness (QED) is 0.253. The molecule has 0 rings (SSSR count). The molecule has 9 heteroatoms. The van der Waals surface area contributed by atoms with Crippen molar-refractivity contribution in [2.75, 3.05) is 13.7 Å². The van der Waals surface area contributed by atoms with E-state index in [-0.39, 0.29) is 142 Å². The van der Waals surface area contributed by atoms with Crippen LogP contribution < -0.4 is 0 Å². The fourth-order valence-electron chi connectivity index (χ4n) is 0.649. The summed E-state index contributed by atoms with van der Waals surface area (Å²) in [5.74, 6) is -0.0554. The van der Waals surface area contributed by atoms with Crippen LogP contribution >= 0.6 is 0 Å². The summed E-state index contributed by atoms with van der Waals surface area (Å²) in [7, 11) is 1.84. The zero-order valence-electron chi connectivity index (χ0n) is 15.9. The minimum absolute atomic E-state index is 0. The summed E-state index contributed by atoms with van der Waals surface area (Å²) >= 11 is 0. The number of esters is 1. The van der Waals surface area contributed by atoms with Gasteiger partial charge >= 0.3 is 5.97 Å². The molecule has 0 aliphatic heterocycles. The van der Waals surface area contributed by atoms with E-state index in [1.807, 2.05) is 20.8 Å². The van der Waals surface area contributed by atoms with Gasteiger partial charge in [-0.2, -0.15) is 0 Å². The Balaban J connectivity index is -0.0000000565. The number of hydrogen-bond donors (Lipinski definition) is 0. The van der Waals surface area contributed by atoms with E-state index in [1.54, 1.807) is 7.11 Å². The Morgan fingerprint density at radius 3 is 1.68 bits per heavy atom. The van der Waals surface area contributed by atoms with Gasteiger partial charge in [0.05, 0.1) is 12.0 Å². The molecule has 122 valence electrons. The molecule has 0 saturated carbocycles. The van der Waals surface area contributed by atoms with Crippen LogP contribution in [0.3, 0.4) is 0 Å². The Morgan fingerprint density at radius 1 is 1.09 bits per heavy atom. The Morgan fingerprint density at radius 2 is 1.45 bits per heavy atom. The summed E-state index contributed by atoms with van der Waals surface area (Å²) < 4.78 is 10.2. The fourth-order valence-corrected chi connectivity index (χ4v) is 0.938. The molecule has 0 heterocycles. The average molecular weight is 648 g/mol. The van der Waals surface area contributed by atoms with E-state index in [2.05, 4.69) is 19.6 Å². The molecule has 0 aromatic carbocycles. The number of rotatable bonds is 6. The molecule has 4 radical (unpaired) electrons. The molecule has 0 spiro atoms. The van der Waals surface area contributed by atoms with Crippen LogP contribution in [0.1, 0.15) is 33.6 Å². The molecule has 0 N–H and O–H groups in total. The third-order valence-electron chi connectivity index (χ3n) is 2.78. The Labute approximate surface area is 243 Å². The molecule has 0 saturated heterocycles. The van der Waals surface area contributed by atoms with Crippen molar-refractivity contribution >= 4 is 24.5 Å². The van der Waals surface area contributed by atoms with E-state index in [4.69, 9.17) is 9.16 Å². The van der Waals surface area contributed by atoms with Crippen LogP contribution in [0.5, 0.6) is 0 Å². The van der Waals surface area contributed by atoms with E-state index < -0.39 is 8.32 Å². The van der Waals surface area contributed by atoms with Gasteiger partial charge < -0.3 is 9.16 Å². The van der Waals surface area contributed by atoms with Crippen LogP contribution in [-0.2, 0) is 145 Å². The summed E-state index contributed by atoms with van der Waals surface area (Å²) in [6.45, 7) is 12.9. The standard InChI is InChI=1S/C9H20O2Si.C4H12OSi.4Y/c1-4-9(2,3)8(10)11-6-5-7-12;1-5-6(2,3)4;;;;/h4-7H2,1-3,12H3;1-4H3;;;;. The molecule has 0 aliphatic carbocycles. The minimum atomic E-state index is -1.13. The number of carbonyl (C=O) groups excluding carboxylic acids is 1. The first kappa shape index (κ1) is 40.8. The van der Waals surface area contributed by atoms with Gasteiger partial charge in [-0.05, 0) is 46.3 Å². The van der Waals surface area contributed by atoms with Gasteiger partial charge in [0.2, 0.25) is 0 Å². The zero-order valence-corrected chi connectivity index (χ0v) is 30.2. The first-order valence-electron chi connectivity index (χ1n) is 6.83. The molecule has 0 aliphatic rings. The SMILES string of the molecule is CCC(C)(C)C(=O)OCCC[SiH3].CO[Si](C)(C)C.[Y].[Y].[Y].[Y]. The Hall–Kier alpha value is 4.28. The smallest absolute Gasteiger partial charge is 0.311 e. The van der Waals surface area contributed by atoms with Crippen LogP contribution in [0.4, 0.5) is 0 Å². The molecule has 0 fully saturated rings. The molecule has 0 aromatic rings. The van der Waals surface area contributed by atoms with Crippen molar-refractivity contribution in [1.82, 2.24) is 0 Å². The number of ether oxygens (including phenoxy) is 1. The normalized spacial score (nSPS) is 9.59. The molecule has 22 heavy (non-hydrogen) atoms. The zero-order chi connectivity index (χ0) is 14.8. The number of carbonyl (C=O) groups is 1.